The van der Waals surface area contributed by atoms with E-state index >= 15 is 0 Å². The third-order valence-corrected chi connectivity index (χ3v) is 4.46. The summed E-state index contributed by atoms with van der Waals surface area (Å²) in [6.45, 7) is 9.04. The van der Waals surface area contributed by atoms with Gasteiger partial charge in [0.15, 0.2) is 0 Å². The van der Waals surface area contributed by atoms with Crippen LogP contribution in [0.1, 0.15) is 38.4 Å². The summed E-state index contributed by atoms with van der Waals surface area (Å²) in [4.78, 5) is 2.34. The van der Waals surface area contributed by atoms with Crippen LogP contribution in [0.15, 0.2) is 10.7 Å². The number of nitrogens with zero attached hydrogens (tertiary/aromatic N) is 3. The Hall–Kier alpha value is -0.430. The number of halogens is 1. The van der Waals surface area contributed by atoms with E-state index in [1.54, 1.807) is 0 Å². The number of aryl methyl sites for hydroxylation is 1. The van der Waals surface area contributed by atoms with Gasteiger partial charge in [0.05, 0.1) is 35.1 Å². The number of hydrogen-bond acceptors (Lipinski definition) is 4. The molecule has 0 bridgehead atoms. The lowest BCUT2D eigenvalue weighted by molar-refractivity contribution is -0.0408. The molecular weight excluding hydrogens is 332 g/mol. The van der Waals surface area contributed by atoms with Crippen LogP contribution in [0.25, 0.3) is 0 Å². The maximum absolute atomic E-state index is 6.05. The van der Waals surface area contributed by atoms with Crippen molar-refractivity contribution in [3.63, 3.8) is 0 Å². The molecule has 5 nitrogen and oxygen atoms in total. The quantitative estimate of drug-likeness (QED) is 0.812. The minimum absolute atomic E-state index is 0.166. The van der Waals surface area contributed by atoms with Gasteiger partial charge in [-0.1, -0.05) is 13.8 Å². The van der Waals surface area contributed by atoms with Crippen LogP contribution in [-0.2, 0) is 11.3 Å². The first-order valence-electron chi connectivity index (χ1n) is 7.92. The number of morpholine rings is 1. The van der Waals surface area contributed by atoms with Gasteiger partial charge >= 0.3 is 0 Å². The molecule has 120 valence electrons. The molecule has 0 aliphatic carbocycles. The molecule has 0 amide bonds. The van der Waals surface area contributed by atoms with Crippen molar-refractivity contribution in [2.75, 3.05) is 33.3 Å². The highest BCUT2D eigenvalue weighted by Crippen LogP contribution is 2.28. The Labute approximate surface area is 136 Å². The Kier molecular flexibility index (Phi) is 6.67. The lowest BCUT2D eigenvalue weighted by Crippen LogP contribution is -2.47. The van der Waals surface area contributed by atoms with E-state index in [1.165, 1.54) is 5.69 Å². The van der Waals surface area contributed by atoms with Gasteiger partial charge in [-0.2, -0.15) is 5.10 Å². The molecule has 2 unspecified atom stereocenters. The van der Waals surface area contributed by atoms with Crippen molar-refractivity contribution in [1.29, 1.82) is 0 Å². The van der Waals surface area contributed by atoms with Crippen molar-refractivity contribution in [3.05, 3.63) is 16.4 Å². The number of ether oxygens (including phenoxy) is 1. The van der Waals surface area contributed by atoms with Crippen molar-refractivity contribution in [2.24, 2.45) is 0 Å². The Morgan fingerprint density at radius 3 is 2.95 bits per heavy atom. The van der Waals surface area contributed by atoms with Crippen LogP contribution in [0.4, 0.5) is 0 Å². The first-order chi connectivity index (χ1) is 10.2. The van der Waals surface area contributed by atoms with E-state index in [2.05, 4.69) is 56.8 Å². The zero-order chi connectivity index (χ0) is 15.2. The van der Waals surface area contributed by atoms with Gasteiger partial charge < -0.3 is 15.0 Å². The molecule has 1 saturated heterocycles. The third-order valence-electron chi connectivity index (χ3n) is 3.85. The van der Waals surface area contributed by atoms with Crippen LogP contribution in [0.5, 0.6) is 0 Å². The maximum atomic E-state index is 6.05. The standard InChI is InChI=1S/C15H27BrN4O/c1-4-6-17-14(13-11-19(3)8-9-21-13)15-12(16)10-18-20(15)7-5-2/h10,13-14,17H,4-9,11H2,1-3H3. The molecule has 6 heteroatoms. The smallest absolute Gasteiger partial charge is 0.0912 e. The number of aromatic nitrogens is 2. The van der Waals surface area contributed by atoms with Gasteiger partial charge in [0.25, 0.3) is 0 Å². The molecule has 2 atom stereocenters. The van der Waals surface area contributed by atoms with Crippen molar-refractivity contribution in [3.8, 4) is 0 Å². The molecule has 1 N–H and O–H groups in total. The molecule has 1 fully saturated rings. The highest BCUT2D eigenvalue weighted by molar-refractivity contribution is 9.10. The van der Waals surface area contributed by atoms with E-state index < -0.39 is 0 Å². The van der Waals surface area contributed by atoms with Crippen molar-refractivity contribution in [2.45, 2.75) is 45.4 Å². The largest absolute Gasteiger partial charge is 0.374 e. The van der Waals surface area contributed by atoms with Gasteiger partial charge in [-0.15, -0.1) is 0 Å². The van der Waals surface area contributed by atoms with E-state index in [-0.39, 0.29) is 12.1 Å². The molecule has 0 aromatic carbocycles. The molecule has 0 saturated carbocycles. The van der Waals surface area contributed by atoms with Crippen molar-refractivity contribution in [1.82, 2.24) is 20.0 Å². The van der Waals surface area contributed by atoms with Crippen LogP contribution in [0.2, 0.25) is 0 Å². The summed E-state index contributed by atoms with van der Waals surface area (Å²) in [5.74, 6) is 0. The predicted molar refractivity (Wildman–Crippen MR) is 88.5 cm³/mol. The van der Waals surface area contributed by atoms with Crippen LogP contribution in [0, 0.1) is 0 Å². The highest BCUT2D eigenvalue weighted by Gasteiger charge is 2.31. The molecule has 0 radical (unpaired) electrons. The summed E-state index contributed by atoms with van der Waals surface area (Å²) in [6.07, 6.45) is 4.25. The molecule has 2 heterocycles. The van der Waals surface area contributed by atoms with Crippen LogP contribution < -0.4 is 5.32 Å². The fourth-order valence-electron chi connectivity index (χ4n) is 2.79. The van der Waals surface area contributed by atoms with E-state index in [1.807, 2.05) is 6.20 Å². The topological polar surface area (TPSA) is 42.3 Å². The van der Waals surface area contributed by atoms with Crippen molar-refractivity contribution < 1.29 is 4.74 Å². The molecule has 1 aliphatic heterocycles. The second-order valence-electron chi connectivity index (χ2n) is 5.70. The molecule has 0 spiro atoms. The third kappa shape index (κ3) is 4.28. The number of nitrogens with one attached hydrogen (secondary N) is 1. The monoisotopic (exact) mass is 358 g/mol. The summed E-state index contributed by atoms with van der Waals surface area (Å²) >= 11 is 3.67. The predicted octanol–water partition coefficient (Wildman–Crippen LogP) is 2.43. The molecule has 2 rings (SSSR count). The first kappa shape index (κ1) is 16.9. The summed E-state index contributed by atoms with van der Waals surface area (Å²) in [5.41, 5.74) is 1.21. The van der Waals surface area contributed by atoms with Crippen LogP contribution in [-0.4, -0.2) is 54.1 Å². The van der Waals surface area contributed by atoms with E-state index in [0.29, 0.717) is 0 Å². The van der Waals surface area contributed by atoms with E-state index in [4.69, 9.17) is 4.74 Å². The fraction of sp³-hybridized carbons (Fsp3) is 0.800. The van der Waals surface area contributed by atoms with Gasteiger partial charge in [0.1, 0.15) is 0 Å². The Morgan fingerprint density at radius 1 is 1.48 bits per heavy atom. The lowest BCUT2D eigenvalue weighted by Gasteiger charge is -2.36. The molecular formula is C15H27BrN4O. The summed E-state index contributed by atoms with van der Waals surface area (Å²) in [6, 6.07) is 0.177. The Balaban J connectivity index is 2.24. The average Bonchev–Trinajstić information content (AvgIpc) is 2.82. The van der Waals surface area contributed by atoms with Gasteiger partial charge in [-0.3, -0.25) is 4.68 Å². The number of likely N-dealkylation sites (N-methyl/N-ethyl adjacent to an activating group) is 1. The number of hydrogen-bond donors (Lipinski definition) is 1. The van der Waals surface area contributed by atoms with Gasteiger partial charge in [0.2, 0.25) is 0 Å². The van der Waals surface area contributed by atoms with Gasteiger partial charge in [-0.25, -0.2) is 0 Å². The zero-order valence-electron chi connectivity index (χ0n) is 13.3. The highest BCUT2D eigenvalue weighted by atomic mass is 79.9. The van der Waals surface area contributed by atoms with E-state index in [9.17, 15) is 0 Å². The van der Waals surface area contributed by atoms with Crippen LogP contribution in [0.3, 0.4) is 0 Å². The second-order valence-corrected chi connectivity index (χ2v) is 6.56. The van der Waals surface area contributed by atoms with Gasteiger partial charge in [0, 0.05) is 19.6 Å². The maximum Gasteiger partial charge on any atom is 0.0912 e. The zero-order valence-corrected chi connectivity index (χ0v) is 14.9. The molecule has 1 aliphatic rings. The second kappa shape index (κ2) is 8.27. The minimum Gasteiger partial charge on any atom is -0.374 e. The number of rotatable bonds is 7. The minimum atomic E-state index is 0.166. The normalized spacial score (nSPS) is 21.6. The lowest BCUT2D eigenvalue weighted by atomic mass is 10.1. The average molecular weight is 359 g/mol. The molecule has 1 aromatic rings. The summed E-state index contributed by atoms with van der Waals surface area (Å²) in [7, 11) is 2.16. The van der Waals surface area contributed by atoms with Crippen LogP contribution >= 0.6 is 15.9 Å². The van der Waals surface area contributed by atoms with Gasteiger partial charge in [-0.05, 0) is 42.4 Å². The summed E-state index contributed by atoms with van der Waals surface area (Å²) < 4.78 is 9.23. The Morgan fingerprint density at radius 2 is 2.29 bits per heavy atom. The fourth-order valence-corrected chi connectivity index (χ4v) is 3.33. The first-order valence-corrected chi connectivity index (χ1v) is 8.71. The SMILES string of the molecule is CCCNC(c1c(Br)cnn1CCC)C1CN(C)CCO1. The van der Waals surface area contributed by atoms with Crippen molar-refractivity contribution >= 4 is 15.9 Å². The Bertz CT molecular complexity index is 437. The molecule has 21 heavy (non-hydrogen) atoms. The molecule has 1 aromatic heterocycles. The summed E-state index contributed by atoms with van der Waals surface area (Å²) in [5, 5.41) is 8.17. The van der Waals surface area contributed by atoms with E-state index in [0.717, 1.165) is 50.1 Å².